The standard InChI is InChI=1S/C10H20BrNO/c1-8-4-3-5-9(2)12(8)7-10(13)6-11/h8-10,13H,3-7H2,1-2H3/t8-,9+,10?. The molecule has 0 bridgehead atoms. The smallest absolute Gasteiger partial charge is 0.0763 e. The predicted molar refractivity (Wildman–Crippen MR) is 59.3 cm³/mol. The predicted octanol–water partition coefficient (Wildman–Crippen LogP) is 2.01. The third-order valence-corrected chi connectivity index (χ3v) is 3.72. The van der Waals surface area contributed by atoms with Crippen LogP contribution in [0.25, 0.3) is 0 Å². The maximum Gasteiger partial charge on any atom is 0.0763 e. The zero-order valence-corrected chi connectivity index (χ0v) is 10.1. The van der Waals surface area contributed by atoms with E-state index in [1.807, 2.05) is 0 Å². The van der Waals surface area contributed by atoms with Crippen LogP contribution in [0.3, 0.4) is 0 Å². The van der Waals surface area contributed by atoms with E-state index in [2.05, 4.69) is 34.7 Å². The van der Waals surface area contributed by atoms with Gasteiger partial charge in [-0.15, -0.1) is 0 Å². The summed E-state index contributed by atoms with van der Waals surface area (Å²) in [5.41, 5.74) is 0. The molecule has 1 aliphatic rings. The molecule has 0 amide bonds. The fourth-order valence-electron chi connectivity index (χ4n) is 2.13. The highest BCUT2D eigenvalue weighted by atomic mass is 79.9. The summed E-state index contributed by atoms with van der Waals surface area (Å²) < 4.78 is 0. The van der Waals surface area contributed by atoms with Crippen molar-refractivity contribution in [3.8, 4) is 0 Å². The van der Waals surface area contributed by atoms with Crippen molar-refractivity contribution in [3.63, 3.8) is 0 Å². The quantitative estimate of drug-likeness (QED) is 0.774. The molecule has 3 heteroatoms. The number of piperidine rings is 1. The second-order valence-electron chi connectivity index (χ2n) is 4.13. The van der Waals surface area contributed by atoms with Crippen molar-refractivity contribution in [2.45, 2.75) is 51.3 Å². The average molecular weight is 250 g/mol. The van der Waals surface area contributed by atoms with Crippen LogP contribution in [-0.4, -0.2) is 40.1 Å². The summed E-state index contributed by atoms with van der Waals surface area (Å²) in [7, 11) is 0. The lowest BCUT2D eigenvalue weighted by Crippen LogP contribution is -2.47. The van der Waals surface area contributed by atoms with E-state index in [1.54, 1.807) is 0 Å². The molecule has 1 fully saturated rings. The van der Waals surface area contributed by atoms with E-state index in [0.29, 0.717) is 17.4 Å². The Balaban J connectivity index is 2.43. The van der Waals surface area contributed by atoms with Gasteiger partial charge in [0.25, 0.3) is 0 Å². The topological polar surface area (TPSA) is 23.5 Å². The number of hydrogen-bond acceptors (Lipinski definition) is 2. The Morgan fingerprint density at radius 1 is 1.38 bits per heavy atom. The maximum atomic E-state index is 9.56. The van der Waals surface area contributed by atoms with E-state index >= 15 is 0 Å². The normalized spacial score (nSPS) is 33.2. The van der Waals surface area contributed by atoms with Gasteiger partial charge in [-0.3, -0.25) is 4.90 Å². The van der Waals surface area contributed by atoms with E-state index in [1.165, 1.54) is 19.3 Å². The Morgan fingerprint density at radius 2 is 1.92 bits per heavy atom. The minimum absolute atomic E-state index is 0.219. The van der Waals surface area contributed by atoms with Crippen LogP contribution in [-0.2, 0) is 0 Å². The molecule has 0 aromatic carbocycles. The van der Waals surface area contributed by atoms with Gasteiger partial charge in [0.15, 0.2) is 0 Å². The lowest BCUT2D eigenvalue weighted by molar-refractivity contribution is 0.0511. The van der Waals surface area contributed by atoms with Crippen molar-refractivity contribution in [3.05, 3.63) is 0 Å². The first-order valence-electron chi connectivity index (χ1n) is 5.15. The van der Waals surface area contributed by atoms with E-state index in [9.17, 15) is 5.11 Å². The van der Waals surface area contributed by atoms with Crippen molar-refractivity contribution < 1.29 is 5.11 Å². The number of nitrogens with zero attached hydrogens (tertiary/aromatic N) is 1. The molecule has 1 N–H and O–H groups in total. The van der Waals surface area contributed by atoms with Crippen LogP contribution in [0.5, 0.6) is 0 Å². The van der Waals surface area contributed by atoms with Crippen LogP contribution in [0.2, 0.25) is 0 Å². The molecule has 2 nitrogen and oxygen atoms in total. The molecule has 0 aliphatic carbocycles. The molecule has 1 heterocycles. The van der Waals surface area contributed by atoms with E-state index in [0.717, 1.165) is 6.54 Å². The second kappa shape index (κ2) is 5.32. The number of aliphatic hydroxyl groups is 1. The van der Waals surface area contributed by atoms with Crippen molar-refractivity contribution >= 4 is 15.9 Å². The van der Waals surface area contributed by atoms with E-state index in [4.69, 9.17) is 0 Å². The van der Waals surface area contributed by atoms with Gasteiger partial charge >= 0.3 is 0 Å². The summed E-state index contributed by atoms with van der Waals surface area (Å²) in [6.07, 6.45) is 3.67. The van der Waals surface area contributed by atoms with Crippen LogP contribution in [0.4, 0.5) is 0 Å². The number of rotatable bonds is 3. The molecule has 0 saturated carbocycles. The monoisotopic (exact) mass is 249 g/mol. The second-order valence-corrected chi connectivity index (χ2v) is 4.78. The van der Waals surface area contributed by atoms with Gasteiger partial charge in [0.1, 0.15) is 0 Å². The molecule has 3 atom stereocenters. The molecule has 1 saturated heterocycles. The molecule has 0 aromatic heterocycles. The Labute approximate surface area is 89.4 Å². The first-order valence-corrected chi connectivity index (χ1v) is 6.27. The van der Waals surface area contributed by atoms with Crippen LogP contribution in [0.15, 0.2) is 0 Å². The first kappa shape index (κ1) is 11.5. The van der Waals surface area contributed by atoms with Crippen molar-refractivity contribution in [2.75, 3.05) is 11.9 Å². The van der Waals surface area contributed by atoms with Crippen LogP contribution in [0.1, 0.15) is 33.1 Å². The number of halogens is 1. The highest BCUT2D eigenvalue weighted by Gasteiger charge is 2.25. The highest BCUT2D eigenvalue weighted by Crippen LogP contribution is 2.22. The zero-order chi connectivity index (χ0) is 9.84. The third-order valence-electron chi connectivity index (χ3n) is 2.98. The van der Waals surface area contributed by atoms with Gasteiger partial charge in [-0.2, -0.15) is 0 Å². The van der Waals surface area contributed by atoms with E-state index in [-0.39, 0.29) is 6.10 Å². The number of aliphatic hydroxyl groups excluding tert-OH is 1. The maximum absolute atomic E-state index is 9.56. The molecule has 0 radical (unpaired) electrons. The summed E-state index contributed by atoms with van der Waals surface area (Å²) in [6, 6.07) is 1.27. The summed E-state index contributed by atoms with van der Waals surface area (Å²) in [6.45, 7) is 5.33. The average Bonchev–Trinajstić information content (AvgIpc) is 2.11. The zero-order valence-electron chi connectivity index (χ0n) is 8.54. The minimum atomic E-state index is -0.219. The summed E-state index contributed by atoms with van der Waals surface area (Å²) in [5, 5.41) is 10.2. The molecule has 13 heavy (non-hydrogen) atoms. The summed E-state index contributed by atoms with van der Waals surface area (Å²) in [5.74, 6) is 0. The van der Waals surface area contributed by atoms with Gasteiger partial charge in [0, 0.05) is 24.0 Å². The SMILES string of the molecule is C[C@@H]1CCC[C@H](C)N1CC(O)CBr. The molecule has 1 rings (SSSR count). The van der Waals surface area contributed by atoms with Gasteiger partial charge in [-0.25, -0.2) is 0 Å². The number of likely N-dealkylation sites (tertiary alicyclic amines) is 1. The molecule has 0 spiro atoms. The lowest BCUT2D eigenvalue weighted by atomic mass is 9.97. The van der Waals surface area contributed by atoms with Gasteiger partial charge in [-0.1, -0.05) is 22.4 Å². The fourth-order valence-corrected chi connectivity index (χ4v) is 2.33. The molecule has 78 valence electrons. The van der Waals surface area contributed by atoms with E-state index < -0.39 is 0 Å². The van der Waals surface area contributed by atoms with Gasteiger partial charge in [0.05, 0.1) is 6.10 Å². The van der Waals surface area contributed by atoms with Crippen molar-refractivity contribution in [2.24, 2.45) is 0 Å². The van der Waals surface area contributed by atoms with Crippen molar-refractivity contribution in [1.29, 1.82) is 0 Å². The van der Waals surface area contributed by atoms with Gasteiger partial charge in [-0.05, 0) is 26.7 Å². The number of alkyl halides is 1. The van der Waals surface area contributed by atoms with Gasteiger partial charge < -0.3 is 5.11 Å². The molecule has 1 unspecified atom stereocenters. The Kier molecular flexibility index (Phi) is 4.70. The molecular weight excluding hydrogens is 230 g/mol. The number of hydrogen-bond donors (Lipinski definition) is 1. The summed E-state index contributed by atoms with van der Waals surface area (Å²) >= 11 is 3.30. The number of β-amino-alcohol motifs (C(OH)–C–C–N with tert-alkyl or cyclic N) is 1. The fraction of sp³-hybridized carbons (Fsp3) is 1.00. The molecule has 0 aromatic rings. The minimum Gasteiger partial charge on any atom is -0.391 e. The van der Waals surface area contributed by atoms with Crippen LogP contribution < -0.4 is 0 Å². The highest BCUT2D eigenvalue weighted by molar-refractivity contribution is 9.09. The largest absolute Gasteiger partial charge is 0.391 e. The van der Waals surface area contributed by atoms with Crippen LogP contribution >= 0.6 is 15.9 Å². The Hall–Kier alpha value is 0.400. The lowest BCUT2D eigenvalue weighted by Gasteiger charge is -2.39. The molecular formula is C10H20BrNO. The molecule has 1 aliphatic heterocycles. The summed E-state index contributed by atoms with van der Waals surface area (Å²) in [4.78, 5) is 2.43. The van der Waals surface area contributed by atoms with Crippen LogP contribution in [0, 0.1) is 0 Å². The third kappa shape index (κ3) is 3.22. The van der Waals surface area contributed by atoms with Gasteiger partial charge in [0.2, 0.25) is 0 Å². The Bertz CT molecular complexity index is 144. The Morgan fingerprint density at radius 3 is 2.38 bits per heavy atom. The first-order chi connectivity index (χ1) is 6.15. The van der Waals surface area contributed by atoms with Crippen molar-refractivity contribution in [1.82, 2.24) is 4.90 Å².